The molecule has 16 rings (SSSR count). The molecular formula is C65H37N5OS. The summed E-state index contributed by atoms with van der Waals surface area (Å²) in [7, 11) is 0. The molecule has 16 aromatic rings. The van der Waals surface area contributed by atoms with Crippen LogP contribution in [0.25, 0.3) is 153 Å². The van der Waals surface area contributed by atoms with Crippen molar-refractivity contribution in [3.05, 3.63) is 224 Å². The molecule has 0 N–H and O–H groups in total. The van der Waals surface area contributed by atoms with E-state index in [9.17, 15) is 0 Å². The van der Waals surface area contributed by atoms with Crippen molar-refractivity contribution >= 4 is 119 Å². The zero-order valence-corrected chi connectivity index (χ0v) is 39.2. The third-order valence-corrected chi connectivity index (χ3v) is 15.9. The van der Waals surface area contributed by atoms with Gasteiger partial charge in [0.25, 0.3) is 0 Å². The van der Waals surface area contributed by atoms with Gasteiger partial charge in [0.05, 0.1) is 33.3 Å². The molecule has 0 amide bonds. The molecule has 72 heavy (non-hydrogen) atoms. The van der Waals surface area contributed by atoms with Gasteiger partial charge in [-0.2, -0.15) is 0 Å². The fraction of sp³-hybridized carbons (Fsp3) is 0. The molecule has 0 unspecified atom stereocenters. The molecule has 0 aliphatic rings. The van der Waals surface area contributed by atoms with E-state index in [1.165, 1.54) is 52.5 Å². The molecule has 0 spiro atoms. The second-order valence-electron chi connectivity index (χ2n) is 18.7. The maximum Gasteiger partial charge on any atom is 0.166 e. The minimum Gasteiger partial charge on any atom is -0.456 e. The molecule has 7 heteroatoms. The fourth-order valence-electron chi connectivity index (χ4n) is 11.5. The first-order chi connectivity index (χ1) is 35.7. The minimum atomic E-state index is 0.557. The highest BCUT2D eigenvalue weighted by molar-refractivity contribution is 7.25. The van der Waals surface area contributed by atoms with E-state index in [0.29, 0.717) is 17.5 Å². The van der Waals surface area contributed by atoms with E-state index < -0.39 is 0 Å². The Morgan fingerprint density at radius 2 is 0.972 bits per heavy atom. The van der Waals surface area contributed by atoms with E-state index in [2.05, 4.69) is 221 Å². The van der Waals surface area contributed by atoms with E-state index in [4.69, 9.17) is 19.4 Å². The Kier molecular flexibility index (Phi) is 8.23. The van der Waals surface area contributed by atoms with Crippen LogP contribution in [0.2, 0.25) is 0 Å². The molecule has 0 aliphatic heterocycles. The van der Waals surface area contributed by atoms with Crippen LogP contribution in [0.1, 0.15) is 0 Å². The van der Waals surface area contributed by atoms with E-state index >= 15 is 0 Å². The van der Waals surface area contributed by atoms with E-state index in [-0.39, 0.29) is 0 Å². The van der Waals surface area contributed by atoms with Crippen LogP contribution in [0.15, 0.2) is 229 Å². The second kappa shape index (κ2) is 15.0. The van der Waals surface area contributed by atoms with Gasteiger partial charge in [-0.15, -0.1) is 11.3 Å². The van der Waals surface area contributed by atoms with Gasteiger partial charge in [0, 0.05) is 69.3 Å². The summed E-state index contributed by atoms with van der Waals surface area (Å²) < 4.78 is 13.9. The molecule has 0 saturated heterocycles. The van der Waals surface area contributed by atoms with Gasteiger partial charge in [-0.3, -0.25) is 0 Å². The van der Waals surface area contributed by atoms with Gasteiger partial charge in [-0.1, -0.05) is 140 Å². The van der Waals surface area contributed by atoms with Crippen molar-refractivity contribution in [2.75, 3.05) is 0 Å². The number of hydrogen-bond donors (Lipinski definition) is 0. The molecule has 334 valence electrons. The smallest absolute Gasteiger partial charge is 0.166 e. The number of hydrogen-bond acceptors (Lipinski definition) is 5. The van der Waals surface area contributed by atoms with Crippen LogP contribution in [0.3, 0.4) is 0 Å². The largest absolute Gasteiger partial charge is 0.456 e. The normalized spacial score (nSPS) is 12.2. The van der Waals surface area contributed by atoms with Crippen molar-refractivity contribution in [3.63, 3.8) is 0 Å². The van der Waals surface area contributed by atoms with Crippen LogP contribution in [0.5, 0.6) is 0 Å². The molecule has 5 aromatic heterocycles. The van der Waals surface area contributed by atoms with E-state index in [1.807, 2.05) is 12.1 Å². The van der Waals surface area contributed by atoms with Crippen LogP contribution in [-0.2, 0) is 0 Å². The summed E-state index contributed by atoms with van der Waals surface area (Å²) in [5, 5.41) is 13.8. The number of thiophene rings is 1. The lowest BCUT2D eigenvalue weighted by Gasteiger charge is -2.16. The monoisotopic (exact) mass is 935 g/mol. The van der Waals surface area contributed by atoms with E-state index in [0.717, 1.165) is 82.8 Å². The Balaban J connectivity index is 1.03. The minimum absolute atomic E-state index is 0.557. The van der Waals surface area contributed by atoms with Crippen molar-refractivity contribution < 1.29 is 4.42 Å². The van der Waals surface area contributed by atoms with Crippen LogP contribution in [0, 0.1) is 0 Å². The zero-order valence-electron chi connectivity index (χ0n) is 38.4. The van der Waals surface area contributed by atoms with Gasteiger partial charge in [-0.25, -0.2) is 15.0 Å². The molecule has 5 heterocycles. The van der Waals surface area contributed by atoms with Crippen LogP contribution in [0.4, 0.5) is 0 Å². The van der Waals surface area contributed by atoms with Crippen LogP contribution < -0.4 is 0 Å². The predicted molar refractivity (Wildman–Crippen MR) is 300 cm³/mol. The number of nitrogens with zero attached hydrogens (tertiary/aromatic N) is 5. The molecule has 6 nitrogen and oxygen atoms in total. The molecule has 0 atom stereocenters. The number of aromatic nitrogens is 5. The van der Waals surface area contributed by atoms with Crippen molar-refractivity contribution in [2.24, 2.45) is 0 Å². The topological polar surface area (TPSA) is 61.7 Å². The Morgan fingerprint density at radius 3 is 1.83 bits per heavy atom. The third kappa shape index (κ3) is 5.74. The van der Waals surface area contributed by atoms with Gasteiger partial charge in [0.1, 0.15) is 11.2 Å². The summed E-state index contributed by atoms with van der Waals surface area (Å²) in [4.78, 5) is 16.7. The molecule has 0 fully saturated rings. The Hall–Kier alpha value is -9.43. The third-order valence-electron chi connectivity index (χ3n) is 14.7. The van der Waals surface area contributed by atoms with Crippen molar-refractivity contribution in [2.45, 2.75) is 0 Å². The second-order valence-corrected chi connectivity index (χ2v) is 19.8. The molecule has 0 radical (unpaired) electrons. The van der Waals surface area contributed by atoms with Crippen molar-refractivity contribution in [3.8, 4) is 45.5 Å². The number of fused-ring (bicyclic) bond motifs is 15. The van der Waals surface area contributed by atoms with Gasteiger partial charge in [-0.05, 0) is 106 Å². The number of benzene rings is 11. The summed E-state index contributed by atoms with van der Waals surface area (Å²) >= 11 is 1.79. The number of para-hydroxylation sites is 3. The van der Waals surface area contributed by atoms with Crippen LogP contribution >= 0.6 is 11.3 Å². The summed E-state index contributed by atoms with van der Waals surface area (Å²) in [6.45, 7) is 0. The van der Waals surface area contributed by atoms with Crippen LogP contribution in [-0.4, -0.2) is 24.1 Å². The lowest BCUT2D eigenvalue weighted by molar-refractivity contribution is 0.669. The van der Waals surface area contributed by atoms with Crippen molar-refractivity contribution in [1.29, 1.82) is 0 Å². The van der Waals surface area contributed by atoms with Gasteiger partial charge < -0.3 is 13.6 Å². The highest BCUT2D eigenvalue weighted by atomic mass is 32.1. The number of rotatable bonds is 5. The quantitative estimate of drug-likeness (QED) is 0.172. The molecule has 0 aliphatic carbocycles. The standard InChI is InChI=1S/C65H37N5OS/c1-2-17-43(18-3-1)69-51-23-11-8-20-45(51)49-35-41(28-30-52(49)69)63-66-64(42-26-29-47-46-21-10-13-25-58(46)72-59(47)37-42)68-65(67-63)62-54(32-33-57-61(62)48-22-9-12-24-56(48)71-57)70-53-31-27-38-14-6-7-19-44(38)60(53)50-34-39-15-4-5-16-40(39)36-55(50)70/h1-37H. The van der Waals surface area contributed by atoms with Crippen molar-refractivity contribution in [1.82, 2.24) is 24.1 Å². The van der Waals surface area contributed by atoms with Gasteiger partial charge in [0.2, 0.25) is 0 Å². The average molecular weight is 936 g/mol. The predicted octanol–water partition coefficient (Wildman–Crippen LogP) is 17.6. The summed E-state index contributed by atoms with van der Waals surface area (Å²) in [6.07, 6.45) is 0. The molecular weight excluding hydrogens is 899 g/mol. The summed E-state index contributed by atoms with van der Waals surface area (Å²) in [6, 6.07) is 80.3. The Bertz CT molecular complexity index is 4940. The highest BCUT2D eigenvalue weighted by Gasteiger charge is 2.26. The number of furan rings is 1. The fourth-order valence-corrected chi connectivity index (χ4v) is 12.7. The lowest BCUT2D eigenvalue weighted by atomic mass is 10.0. The van der Waals surface area contributed by atoms with Gasteiger partial charge >= 0.3 is 0 Å². The lowest BCUT2D eigenvalue weighted by Crippen LogP contribution is -2.04. The maximum atomic E-state index is 6.73. The Morgan fingerprint density at radius 1 is 0.333 bits per heavy atom. The van der Waals surface area contributed by atoms with Gasteiger partial charge in [0.15, 0.2) is 17.5 Å². The summed E-state index contributed by atoms with van der Waals surface area (Å²) in [5.41, 5.74) is 10.7. The van der Waals surface area contributed by atoms with E-state index in [1.54, 1.807) is 11.3 Å². The first-order valence-corrected chi connectivity index (χ1v) is 25.1. The molecule has 0 bridgehead atoms. The summed E-state index contributed by atoms with van der Waals surface area (Å²) in [5.74, 6) is 1.73. The first-order valence-electron chi connectivity index (χ1n) is 24.2. The Labute approximate surface area is 414 Å². The SMILES string of the molecule is c1ccc(-n2c3ccccc3c3cc(-c4nc(-c5ccc6c(c5)sc5ccccc56)nc(-c5c(-n6c7cc8ccccc8cc7c7c8ccccc8ccc76)ccc6oc7ccccc7c56)n4)ccc32)cc1. The maximum absolute atomic E-state index is 6.73. The highest BCUT2D eigenvalue weighted by Crippen LogP contribution is 2.46. The average Bonchev–Trinajstić information content (AvgIpc) is 4.19. The molecule has 11 aromatic carbocycles. The molecule has 0 saturated carbocycles. The zero-order chi connectivity index (χ0) is 47.0. The first kappa shape index (κ1) is 39.4.